The van der Waals surface area contributed by atoms with Gasteiger partial charge >= 0.3 is 0 Å². The van der Waals surface area contributed by atoms with E-state index in [9.17, 15) is 0 Å². The Balaban J connectivity index is 2.09. The van der Waals surface area contributed by atoms with Gasteiger partial charge in [0.1, 0.15) is 0 Å². The first-order chi connectivity index (χ1) is 8.32. The molecule has 2 nitrogen and oxygen atoms in total. The number of nitrogens with zero attached hydrogens (tertiary/aromatic N) is 1. The topological polar surface area (TPSA) is 15.3 Å². The summed E-state index contributed by atoms with van der Waals surface area (Å²) in [7, 11) is 0. The Labute approximate surface area is 107 Å². The van der Waals surface area contributed by atoms with E-state index >= 15 is 0 Å². The monoisotopic (exact) mass is 238 g/mol. The average Bonchev–Trinajstić information content (AvgIpc) is 2.38. The molecule has 0 amide bonds. The molecule has 17 heavy (non-hydrogen) atoms. The SMILES string of the molecule is CCCC(CC)N1CCNCC12CCCCC2. The number of rotatable bonds is 4. The first-order valence-corrected chi connectivity index (χ1v) is 7.80. The normalized spacial score (nSPS) is 27.2. The molecule has 2 fully saturated rings. The molecule has 1 spiro atoms. The third-order valence-electron chi connectivity index (χ3n) is 4.91. The van der Waals surface area contributed by atoms with Crippen LogP contribution in [-0.2, 0) is 0 Å². The summed E-state index contributed by atoms with van der Waals surface area (Å²) in [6.45, 7) is 8.42. The van der Waals surface area contributed by atoms with Gasteiger partial charge in [0.15, 0.2) is 0 Å². The Morgan fingerprint density at radius 3 is 2.59 bits per heavy atom. The highest BCUT2D eigenvalue weighted by atomic mass is 15.3. The van der Waals surface area contributed by atoms with Gasteiger partial charge in [0.25, 0.3) is 0 Å². The highest BCUT2D eigenvalue weighted by Crippen LogP contribution is 2.37. The van der Waals surface area contributed by atoms with Crippen molar-refractivity contribution in [3.8, 4) is 0 Å². The van der Waals surface area contributed by atoms with Crippen LogP contribution in [0.1, 0.15) is 65.2 Å². The lowest BCUT2D eigenvalue weighted by Gasteiger charge is -2.53. The van der Waals surface area contributed by atoms with Crippen molar-refractivity contribution < 1.29 is 0 Å². The lowest BCUT2D eigenvalue weighted by molar-refractivity contribution is -0.0114. The molecule has 0 aromatic carbocycles. The molecular weight excluding hydrogens is 208 g/mol. The van der Waals surface area contributed by atoms with Crippen LogP contribution in [0.25, 0.3) is 0 Å². The van der Waals surface area contributed by atoms with E-state index in [1.807, 2.05) is 0 Å². The quantitative estimate of drug-likeness (QED) is 0.809. The highest BCUT2D eigenvalue weighted by Gasteiger charge is 2.41. The van der Waals surface area contributed by atoms with Gasteiger partial charge < -0.3 is 5.32 Å². The molecule has 1 atom stereocenters. The van der Waals surface area contributed by atoms with Crippen molar-refractivity contribution in [3.05, 3.63) is 0 Å². The molecule has 100 valence electrons. The molecule has 1 unspecified atom stereocenters. The molecule has 1 heterocycles. The fraction of sp³-hybridized carbons (Fsp3) is 1.00. The third kappa shape index (κ3) is 2.85. The van der Waals surface area contributed by atoms with E-state index in [0.717, 1.165) is 6.04 Å². The Morgan fingerprint density at radius 1 is 1.18 bits per heavy atom. The maximum Gasteiger partial charge on any atom is 0.0337 e. The summed E-state index contributed by atoms with van der Waals surface area (Å²) in [4.78, 5) is 2.90. The minimum Gasteiger partial charge on any atom is -0.314 e. The van der Waals surface area contributed by atoms with E-state index in [-0.39, 0.29) is 0 Å². The number of hydrogen-bond acceptors (Lipinski definition) is 2. The molecule has 0 aromatic heterocycles. The zero-order valence-corrected chi connectivity index (χ0v) is 11.8. The van der Waals surface area contributed by atoms with Crippen molar-refractivity contribution in [1.82, 2.24) is 10.2 Å². The van der Waals surface area contributed by atoms with Gasteiger partial charge in [-0.25, -0.2) is 0 Å². The first-order valence-electron chi connectivity index (χ1n) is 7.80. The molecule has 0 aromatic rings. The highest BCUT2D eigenvalue weighted by molar-refractivity contribution is 5.00. The van der Waals surface area contributed by atoms with Crippen molar-refractivity contribution in [3.63, 3.8) is 0 Å². The number of hydrogen-bond donors (Lipinski definition) is 1. The standard InChI is InChI=1S/C15H30N2/c1-3-8-14(4-2)17-12-11-16-13-15(17)9-6-5-7-10-15/h14,16H,3-13H2,1-2H3. The maximum absolute atomic E-state index is 3.65. The molecule has 1 saturated heterocycles. The minimum atomic E-state index is 0.520. The van der Waals surface area contributed by atoms with Crippen LogP contribution in [0.5, 0.6) is 0 Å². The van der Waals surface area contributed by atoms with Crippen molar-refractivity contribution in [2.75, 3.05) is 19.6 Å². The van der Waals surface area contributed by atoms with E-state index in [1.54, 1.807) is 0 Å². The zero-order valence-electron chi connectivity index (χ0n) is 11.8. The Bertz CT molecular complexity index is 213. The second-order valence-corrected chi connectivity index (χ2v) is 6.01. The first kappa shape index (κ1) is 13.4. The summed E-state index contributed by atoms with van der Waals surface area (Å²) in [5.74, 6) is 0. The molecule has 2 rings (SSSR count). The molecule has 2 aliphatic rings. The van der Waals surface area contributed by atoms with Crippen LogP contribution in [-0.4, -0.2) is 36.1 Å². The number of piperazine rings is 1. The Morgan fingerprint density at radius 2 is 1.94 bits per heavy atom. The third-order valence-corrected chi connectivity index (χ3v) is 4.91. The van der Waals surface area contributed by atoms with Crippen molar-refractivity contribution >= 4 is 0 Å². The molecule has 0 radical (unpaired) electrons. The van der Waals surface area contributed by atoms with E-state index < -0.39 is 0 Å². The average molecular weight is 238 g/mol. The summed E-state index contributed by atoms with van der Waals surface area (Å²) in [5, 5.41) is 3.65. The maximum atomic E-state index is 3.65. The summed E-state index contributed by atoms with van der Waals surface area (Å²) >= 11 is 0. The fourth-order valence-corrected chi connectivity index (χ4v) is 4.02. The van der Waals surface area contributed by atoms with Crippen LogP contribution < -0.4 is 5.32 Å². The van der Waals surface area contributed by atoms with Crippen LogP contribution in [0.4, 0.5) is 0 Å². The van der Waals surface area contributed by atoms with Gasteiger partial charge in [-0.1, -0.05) is 39.5 Å². The molecular formula is C15H30N2. The van der Waals surface area contributed by atoms with E-state index in [1.165, 1.54) is 71.0 Å². The Kier molecular flexibility index (Phi) is 4.87. The van der Waals surface area contributed by atoms with Crippen LogP contribution in [0, 0.1) is 0 Å². The second kappa shape index (κ2) is 6.19. The molecule has 0 bridgehead atoms. The van der Waals surface area contributed by atoms with Crippen molar-refractivity contribution in [2.45, 2.75) is 76.8 Å². The van der Waals surface area contributed by atoms with Gasteiger partial charge in [0.2, 0.25) is 0 Å². The summed E-state index contributed by atoms with van der Waals surface area (Å²) in [6, 6.07) is 0.834. The van der Waals surface area contributed by atoms with Gasteiger partial charge in [-0.15, -0.1) is 0 Å². The van der Waals surface area contributed by atoms with E-state index in [2.05, 4.69) is 24.1 Å². The molecule has 1 aliphatic heterocycles. The van der Waals surface area contributed by atoms with Gasteiger partial charge in [-0.2, -0.15) is 0 Å². The largest absolute Gasteiger partial charge is 0.314 e. The predicted octanol–water partition coefficient (Wildman–Crippen LogP) is 3.17. The lowest BCUT2D eigenvalue weighted by Crippen LogP contribution is -2.64. The molecule has 2 heteroatoms. The van der Waals surface area contributed by atoms with Crippen LogP contribution in [0.15, 0.2) is 0 Å². The van der Waals surface area contributed by atoms with E-state index in [4.69, 9.17) is 0 Å². The summed E-state index contributed by atoms with van der Waals surface area (Å²) in [5.41, 5.74) is 0.520. The van der Waals surface area contributed by atoms with Crippen LogP contribution in [0.3, 0.4) is 0 Å². The molecule has 1 N–H and O–H groups in total. The smallest absolute Gasteiger partial charge is 0.0337 e. The fourth-order valence-electron chi connectivity index (χ4n) is 4.02. The van der Waals surface area contributed by atoms with Gasteiger partial charge in [0, 0.05) is 31.2 Å². The van der Waals surface area contributed by atoms with Crippen LogP contribution >= 0.6 is 0 Å². The van der Waals surface area contributed by atoms with Crippen molar-refractivity contribution in [1.29, 1.82) is 0 Å². The van der Waals surface area contributed by atoms with Gasteiger partial charge in [0.05, 0.1) is 0 Å². The minimum absolute atomic E-state index is 0.520. The molecule has 1 aliphatic carbocycles. The predicted molar refractivity (Wildman–Crippen MR) is 74.4 cm³/mol. The summed E-state index contributed by atoms with van der Waals surface area (Å²) < 4.78 is 0. The van der Waals surface area contributed by atoms with Crippen LogP contribution in [0.2, 0.25) is 0 Å². The number of nitrogens with one attached hydrogen (secondary N) is 1. The summed E-state index contributed by atoms with van der Waals surface area (Å²) in [6.07, 6.45) is 11.3. The second-order valence-electron chi connectivity index (χ2n) is 6.01. The van der Waals surface area contributed by atoms with Gasteiger partial charge in [-0.3, -0.25) is 4.90 Å². The Hall–Kier alpha value is -0.0800. The zero-order chi connectivity index (χ0) is 12.1. The van der Waals surface area contributed by atoms with Gasteiger partial charge in [-0.05, 0) is 25.7 Å². The van der Waals surface area contributed by atoms with Crippen molar-refractivity contribution in [2.24, 2.45) is 0 Å². The molecule has 1 saturated carbocycles. The van der Waals surface area contributed by atoms with E-state index in [0.29, 0.717) is 5.54 Å². The lowest BCUT2D eigenvalue weighted by atomic mass is 9.77.